The third-order valence-corrected chi connectivity index (χ3v) is 3.08. The average Bonchev–Trinajstić information content (AvgIpc) is 2.56. The monoisotopic (exact) mass is 259 g/mol. The summed E-state index contributed by atoms with van der Waals surface area (Å²) in [6.07, 6.45) is -0.0788. The lowest BCUT2D eigenvalue weighted by Crippen LogP contribution is -2.20. The fourth-order valence-corrected chi connectivity index (χ4v) is 2.21. The van der Waals surface area contributed by atoms with Gasteiger partial charge in [-0.25, -0.2) is 0 Å². The van der Waals surface area contributed by atoms with E-state index in [2.05, 4.69) is 10.1 Å². The highest BCUT2D eigenvalue weighted by Gasteiger charge is 2.31. The van der Waals surface area contributed by atoms with E-state index < -0.39 is 6.36 Å². The molecule has 1 saturated heterocycles. The second-order valence-electron chi connectivity index (χ2n) is 4.47. The van der Waals surface area contributed by atoms with Gasteiger partial charge in [0.15, 0.2) is 0 Å². The van der Waals surface area contributed by atoms with Gasteiger partial charge in [-0.1, -0.05) is 25.0 Å². The second kappa shape index (κ2) is 5.61. The van der Waals surface area contributed by atoms with Crippen molar-refractivity contribution < 1.29 is 17.9 Å². The Morgan fingerprint density at radius 3 is 2.44 bits per heavy atom. The molecule has 100 valence electrons. The lowest BCUT2D eigenvalue weighted by molar-refractivity contribution is -0.274. The summed E-state index contributed by atoms with van der Waals surface area (Å²) in [5.41, 5.74) is 1.02. The van der Waals surface area contributed by atoms with Gasteiger partial charge < -0.3 is 10.1 Å². The molecule has 0 spiro atoms. The van der Waals surface area contributed by atoms with Crippen molar-refractivity contribution >= 4 is 0 Å². The van der Waals surface area contributed by atoms with Crippen LogP contribution in [0.5, 0.6) is 5.75 Å². The Labute approximate surface area is 104 Å². The Balaban J connectivity index is 2.02. The minimum Gasteiger partial charge on any atom is -0.406 e. The SMILES string of the molecule is FC(F)(F)Oc1ccc(C2CCCCCN2)cc1. The second-order valence-corrected chi connectivity index (χ2v) is 4.47. The van der Waals surface area contributed by atoms with Crippen LogP contribution in [0.4, 0.5) is 13.2 Å². The number of rotatable bonds is 2. The van der Waals surface area contributed by atoms with Gasteiger partial charge in [0.05, 0.1) is 0 Å². The summed E-state index contributed by atoms with van der Waals surface area (Å²) in [5, 5.41) is 3.40. The summed E-state index contributed by atoms with van der Waals surface area (Å²) in [6, 6.07) is 6.38. The summed E-state index contributed by atoms with van der Waals surface area (Å²) in [6.45, 7) is 0.964. The van der Waals surface area contributed by atoms with E-state index in [9.17, 15) is 13.2 Å². The molecule has 0 radical (unpaired) electrons. The zero-order valence-corrected chi connectivity index (χ0v) is 9.96. The number of hydrogen-bond acceptors (Lipinski definition) is 2. The van der Waals surface area contributed by atoms with Crippen molar-refractivity contribution in [2.24, 2.45) is 0 Å². The van der Waals surface area contributed by atoms with Gasteiger partial charge in [-0.15, -0.1) is 13.2 Å². The zero-order chi connectivity index (χ0) is 13.0. The van der Waals surface area contributed by atoms with Crippen LogP contribution in [0.1, 0.15) is 37.3 Å². The summed E-state index contributed by atoms with van der Waals surface area (Å²) in [7, 11) is 0. The van der Waals surface area contributed by atoms with Crippen LogP contribution >= 0.6 is 0 Å². The molecule has 0 aliphatic carbocycles. The normalized spacial score (nSPS) is 21.4. The molecule has 0 bridgehead atoms. The third kappa shape index (κ3) is 3.91. The molecule has 18 heavy (non-hydrogen) atoms. The van der Waals surface area contributed by atoms with Crippen LogP contribution in [0.15, 0.2) is 24.3 Å². The van der Waals surface area contributed by atoms with E-state index in [4.69, 9.17) is 0 Å². The number of nitrogens with one attached hydrogen (secondary N) is 1. The van der Waals surface area contributed by atoms with Gasteiger partial charge in [0.2, 0.25) is 0 Å². The average molecular weight is 259 g/mol. The fraction of sp³-hybridized carbons (Fsp3) is 0.538. The zero-order valence-electron chi connectivity index (χ0n) is 9.96. The van der Waals surface area contributed by atoms with Crippen LogP contribution in [-0.2, 0) is 0 Å². The molecule has 0 aromatic heterocycles. The first-order chi connectivity index (χ1) is 8.54. The van der Waals surface area contributed by atoms with Crippen LogP contribution in [0.25, 0.3) is 0 Å². The van der Waals surface area contributed by atoms with Gasteiger partial charge in [0, 0.05) is 6.04 Å². The molecule has 1 atom stereocenters. The van der Waals surface area contributed by atoms with Crippen LogP contribution in [-0.4, -0.2) is 12.9 Å². The maximum absolute atomic E-state index is 12.0. The highest BCUT2D eigenvalue weighted by Crippen LogP contribution is 2.27. The molecule has 0 saturated carbocycles. The molecule has 1 fully saturated rings. The summed E-state index contributed by atoms with van der Waals surface area (Å²) in [4.78, 5) is 0. The Morgan fingerprint density at radius 2 is 1.78 bits per heavy atom. The van der Waals surface area contributed by atoms with E-state index in [1.54, 1.807) is 12.1 Å². The number of halogens is 3. The summed E-state index contributed by atoms with van der Waals surface area (Å²) < 4.78 is 39.9. The Kier molecular flexibility index (Phi) is 4.11. The topological polar surface area (TPSA) is 21.3 Å². The molecule has 1 aliphatic heterocycles. The Morgan fingerprint density at radius 1 is 1.06 bits per heavy atom. The highest BCUT2D eigenvalue weighted by atomic mass is 19.4. The molecule has 1 aliphatic rings. The number of hydrogen-bond donors (Lipinski definition) is 1. The van der Waals surface area contributed by atoms with Crippen molar-refractivity contribution in [3.8, 4) is 5.75 Å². The van der Waals surface area contributed by atoms with Crippen molar-refractivity contribution in [3.63, 3.8) is 0 Å². The molecule has 2 nitrogen and oxygen atoms in total. The van der Waals surface area contributed by atoms with Crippen LogP contribution in [0.2, 0.25) is 0 Å². The first-order valence-electron chi connectivity index (χ1n) is 6.14. The van der Waals surface area contributed by atoms with Gasteiger partial charge in [0.1, 0.15) is 5.75 Å². The van der Waals surface area contributed by atoms with Crippen LogP contribution in [0.3, 0.4) is 0 Å². The van der Waals surface area contributed by atoms with Gasteiger partial charge in [-0.3, -0.25) is 0 Å². The Bertz CT molecular complexity index is 367. The largest absolute Gasteiger partial charge is 0.573 e. The molecule has 1 heterocycles. The van der Waals surface area contributed by atoms with Crippen molar-refractivity contribution in [2.75, 3.05) is 6.54 Å². The van der Waals surface area contributed by atoms with Crippen molar-refractivity contribution in [3.05, 3.63) is 29.8 Å². The van der Waals surface area contributed by atoms with E-state index >= 15 is 0 Å². The van der Waals surface area contributed by atoms with Gasteiger partial charge in [-0.05, 0) is 37.1 Å². The van der Waals surface area contributed by atoms with E-state index in [1.165, 1.54) is 18.6 Å². The third-order valence-electron chi connectivity index (χ3n) is 3.08. The summed E-state index contributed by atoms with van der Waals surface area (Å²) >= 11 is 0. The molecule has 1 unspecified atom stereocenters. The minimum absolute atomic E-state index is 0.167. The van der Waals surface area contributed by atoms with Gasteiger partial charge in [0.25, 0.3) is 0 Å². The maximum Gasteiger partial charge on any atom is 0.573 e. The molecular weight excluding hydrogens is 243 g/mol. The molecular formula is C13H16F3NO. The van der Waals surface area contributed by atoms with Crippen LogP contribution in [0, 0.1) is 0 Å². The van der Waals surface area contributed by atoms with Crippen molar-refractivity contribution in [1.29, 1.82) is 0 Å². The highest BCUT2D eigenvalue weighted by molar-refractivity contribution is 5.29. The molecule has 1 aromatic rings. The first kappa shape index (κ1) is 13.2. The molecule has 5 heteroatoms. The van der Waals surface area contributed by atoms with Gasteiger partial charge in [-0.2, -0.15) is 0 Å². The standard InChI is InChI=1S/C13H16F3NO/c14-13(15,16)18-11-7-5-10(6-8-11)12-4-2-1-3-9-17-12/h5-8,12,17H,1-4,9H2. The van der Waals surface area contributed by atoms with Crippen molar-refractivity contribution in [1.82, 2.24) is 5.32 Å². The quantitative estimate of drug-likeness (QED) is 0.872. The van der Waals surface area contributed by atoms with E-state index in [-0.39, 0.29) is 11.8 Å². The van der Waals surface area contributed by atoms with E-state index in [0.717, 1.165) is 31.4 Å². The predicted molar refractivity (Wildman–Crippen MR) is 62.3 cm³/mol. The molecule has 2 rings (SSSR count). The van der Waals surface area contributed by atoms with Crippen LogP contribution < -0.4 is 10.1 Å². The smallest absolute Gasteiger partial charge is 0.406 e. The number of benzene rings is 1. The Hall–Kier alpha value is -1.23. The molecule has 1 aromatic carbocycles. The fourth-order valence-electron chi connectivity index (χ4n) is 2.21. The lowest BCUT2D eigenvalue weighted by Gasteiger charge is -2.17. The summed E-state index contributed by atoms with van der Waals surface area (Å²) in [5.74, 6) is -0.167. The van der Waals surface area contributed by atoms with E-state index in [1.807, 2.05) is 0 Å². The molecule has 1 N–H and O–H groups in total. The predicted octanol–water partition coefficient (Wildman–Crippen LogP) is 3.79. The van der Waals surface area contributed by atoms with Crippen molar-refractivity contribution in [2.45, 2.75) is 38.1 Å². The maximum atomic E-state index is 12.0. The lowest BCUT2D eigenvalue weighted by atomic mass is 10.0. The van der Waals surface area contributed by atoms with Gasteiger partial charge >= 0.3 is 6.36 Å². The number of ether oxygens (including phenoxy) is 1. The first-order valence-corrected chi connectivity index (χ1v) is 6.14. The number of alkyl halides is 3. The van der Waals surface area contributed by atoms with E-state index in [0.29, 0.717) is 0 Å². The molecule has 0 amide bonds. The minimum atomic E-state index is -4.62.